The Morgan fingerprint density at radius 2 is 1.94 bits per heavy atom. The number of benzene rings is 1. The van der Waals surface area contributed by atoms with Gasteiger partial charge >= 0.3 is 5.97 Å². The number of halogens is 1. The van der Waals surface area contributed by atoms with Gasteiger partial charge in [0.1, 0.15) is 11.9 Å². The van der Waals surface area contributed by atoms with Crippen molar-refractivity contribution in [3.63, 3.8) is 0 Å². The molecule has 168 valence electrons. The molecule has 3 rings (SSSR count). The average molecular weight is 512 g/mol. The van der Waals surface area contributed by atoms with Gasteiger partial charge in [0.2, 0.25) is 16.0 Å². The van der Waals surface area contributed by atoms with E-state index in [0.29, 0.717) is 28.4 Å². The van der Waals surface area contributed by atoms with Gasteiger partial charge in [-0.3, -0.25) is 0 Å². The fourth-order valence-corrected chi connectivity index (χ4v) is 4.28. The second-order valence-corrected chi connectivity index (χ2v) is 10.5. The molecule has 1 fully saturated rings. The minimum absolute atomic E-state index is 0.150. The normalized spacial score (nSPS) is 15.0. The van der Waals surface area contributed by atoms with E-state index < -0.39 is 22.0 Å². The largest absolute Gasteiger partial charge is 0.480 e. The van der Waals surface area contributed by atoms with Crippen LogP contribution < -0.4 is 15.4 Å². The summed E-state index contributed by atoms with van der Waals surface area (Å²) in [5.74, 6) is 0.126. The zero-order chi connectivity index (χ0) is 22.6. The first-order valence-electron chi connectivity index (χ1n) is 10.0. The molecule has 2 aromatic rings. The van der Waals surface area contributed by atoms with Gasteiger partial charge in [-0.1, -0.05) is 26.7 Å². The molecule has 9 nitrogen and oxygen atoms in total. The number of sulfonamides is 1. The first-order chi connectivity index (χ1) is 14.7. The van der Waals surface area contributed by atoms with E-state index in [1.807, 2.05) is 0 Å². The summed E-state index contributed by atoms with van der Waals surface area (Å²) in [6.45, 7) is 4.05. The summed E-state index contributed by atoms with van der Waals surface area (Å²) in [6.07, 6.45) is 4.76. The number of hydrogen-bond donors (Lipinski definition) is 4. The molecule has 1 aliphatic rings. The maximum atomic E-state index is 12.4. The van der Waals surface area contributed by atoms with Crippen LogP contribution in [0.5, 0.6) is 0 Å². The molecule has 1 aliphatic carbocycles. The van der Waals surface area contributed by atoms with Gasteiger partial charge in [0.15, 0.2) is 0 Å². The van der Waals surface area contributed by atoms with Crippen LogP contribution in [0.4, 0.5) is 17.5 Å². The maximum absolute atomic E-state index is 12.4. The van der Waals surface area contributed by atoms with Crippen molar-refractivity contribution in [3.8, 4) is 0 Å². The minimum atomic E-state index is -3.54. The summed E-state index contributed by atoms with van der Waals surface area (Å²) in [4.78, 5) is 20.2. The van der Waals surface area contributed by atoms with Crippen LogP contribution in [-0.2, 0) is 14.8 Å². The van der Waals surface area contributed by atoms with Crippen LogP contribution in [0, 0.1) is 11.8 Å². The monoisotopic (exact) mass is 511 g/mol. The summed E-state index contributed by atoms with van der Waals surface area (Å²) in [6, 6.07) is 5.47. The van der Waals surface area contributed by atoms with Crippen molar-refractivity contribution in [1.82, 2.24) is 14.7 Å². The lowest BCUT2D eigenvalue weighted by molar-refractivity contribution is -0.138. The lowest BCUT2D eigenvalue weighted by Gasteiger charge is -2.19. The molecule has 0 spiro atoms. The van der Waals surface area contributed by atoms with Crippen LogP contribution in [0.2, 0.25) is 0 Å². The molecule has 0 radical (unpaired) electrons. The van der Waals surface area contributed by atoms with Crippen molar-refractivity contribution in [1.29, 1.82) is 0 Å². The molecule has 0 amide bonds. The van der Waals surface area contributed by atoms with E-state index in [-0.39, 0.29) is 16.8 Å². The summed E-state index contributed by atoms with van der Waals surface area (Å²) in [7, 11) is -3.54. The molecule has 1 aromatic heterocycles. The van der Waals surface area contributed by atoms with Gasteiger partial charge in [-0.15, -0.1) is 0 Å². The molecule has 1 atom stereocenters. The number of hydrogen-bond acceptors (Lipinski definition) is 7. The van der Waals surface area contributed by atoms with Crippen molar-refractivity contribution >= 4 is 49.4 Å². The van der Waals surface area contributed by atoms with Crippen molar-refractivity contribution in [2.75, 3.05) is 17.2 Å². The Kier molecular flexibility index (Phi) is 7.50. The van der Waals surface area contributed by atoms with Gasteiger partial charge in [0, 0.05) is 18.4 Å². The fraction of sp³-hybridized carbons (Fsp3) is 0.450. The third kappa shape index (κ3) is 6.62. The van der Waals surface area contributed by atoms with E-state index in [0.717, 1.165) is 6.42 Å². The highest BCUT2D eigenvalue weighted by molar-refractivity contribution is 9.10. The van der Waals surface area contributed by atoms with Crippen molar-refractivity contribution < 1.29 is 18.3 Å². The van der Waals surface area contributed by atoms with Gasteiger partial charge < -0.3 is 15.7 Å². The number of nitrogens with zero attached hydrogens (tertiary/aromatic N) is 2. The predicted molar refractivity (Wildman–Crippen MR) is 122 cm³/mol. The van der Waals surface area contributed by atoms with Crippen LogP contribution in [-0.4, -0.2) is 42.0 Å². The predicted octanol–water partition coefficient (Wildman–Crippen LogP) is 3.58. The SMILES string of the molecule is CC(C)C(Nc1nc(Nc2ccc(S(=O)(=O)NCCC3CC3)cc2)ncc1Br)C(=O)O. The number of carbonyl (C=O) groups is 1. The quantitative estimate of drug-likeness (QED) is 0.359. The molecule has 1 aromatic carbocycles. The second kappa shape index (κ2) is 9.92. The molecule has 4 N–H and O–H groups in total. The molecule has 0 bridgehead atoms. The number of aliphatic carboxylic acids is 1. The molecule has 1 saturated carbocycles. The van der Waals surface area contributed by atoms with Crippen LogP contribution in [0.15, 0.2) is 39.8 Å². The van der Waals surface area contributed by atoms with E-state index in [1.165, 1.54) is 31.2 Å². The Balaban J connectivity index is 1.67. The summed E-state index contributed by atoms with van der Waals surface area (Å²) < 4.78 is 27.9. The molecular formula is C20H26BrN5O4S. The molecule has 31 heavy (non-hydrogen) atoms. The lowest BCUT2D eigenvalue weighted by Crippen LogP contribution is -2.34. The maximum Gasteiger partial charge on any atom is 0.326 e. The topological polar surface area (TPSA) is 133 Å². The summed E-state index contributed by atoms with van der Waals surface area (Å²) in [5.41, 5.74) is 0.601. The van der Waals surface area contributed by atoms with Gasteiger partial charge in [-0.2, -0.15) is 4.98 Å². The molecule has 11 heteroatoms. The zero-order valence-electron chi connectivity index (χ0n) is 17.3. The number of rotatable bonds is 11. The molecule has 0 saturated heterocycles. The standard InChI is InChI=1S/C20H26BrN5O4S/c1-12(2)17(19(27)28)25-18-16(21)11-22-20(26-18)24-14-5-7-15(8-6-14)31(29,30)23-10-9-13-3-4-13/h5-8,11-13,17,23H,3-4,9-10H2,1-2H3,(H,27,28)(H2,22,24,25,26). The molecule has 1 unspecified atom stereocenters. The molecular weight excluding hydrogens is 486 g/mol. The number of carboxylic acids is 1. The van der Waals surface area contributed by atoms with E-state index in [2.05, 4.69) is 41.3 Å². The number of carboxylic acid groups (broad SMARTS) is 1. The third-order valence-corrected chi connectivity index (χ3v) is 6.99. The zero-order valence-corrected chi connectivity index (χ0v) is 19.7. The van der Waals surface area contributed by atoms with Gasteiger partial charge in [0.05, 0.1) is 9.37 Å². The van der Waals surface area contributed by atoms with Crippen molar-refractivity contribution in [3.05, 3.63) is 34.9 Å². The smallest absolute Gasteiger partial charge is 0.326 e. The van der Waals surface area contributed by atoms with E-state index in [9.17, 15) is 18.3 Å². The van der Waals surface area contributed by atoms with Crippen molar-refractivity contribution in [2.24, 2.45) is 11.8 Å². The third-order valence-electron chi connectivity index (χ3n) is 4.93. The van der Waals surface area contributed by atoms with E-state index in [1.54, 1.807) is 26.0 Å². The summed E-state index contributed by atoms with van der Waals surface area (Å²) >= 11 is 3.33. The van der Waals surface area contributed by atoms with Crippen molar-refractivity contribution in [2.45, 2.75) is 44.0 Å². The molecule has 0 aliphatic heterocycles. The highest BCUT2D eigenvalue weighted by Gasteiger charge is 2.23. The van der Waals surface area contributed by atoms with Gasteiger partial charge in [-0.25, -0.2) is 22.9 Å². The van der Waals surface area contributed by atoms with Crippen LogP contribution >= 0.6 is 15.9 Å². The Labute approximate surface area is 190 Å². The van der Waals surface area contributed by atoms with Crippen LogP contribution in [0.3, 0.4) is 0 Å². The lowest BCUT2D eigenvalue weighted by atomic mass is 10.1. The Morgan fingerprint density at radius 3 is 2.52 bits per heavy atom. The average Bonchev–Trinajstić information content (AvgIpc) is 3.52. The van der Waals surface area contributed by atoms with E-state index in [4.69, 9.17) is 0 Å². The van der Waals surface area contributed by atoms with Gasteiger partial charge in [-0.05, 0) is 58.5 Å². The highest BCUT2D eigenvalue weighted by atomic mass is 79.9. The van der Waals surface area contributed by atoms with Crippen LogP contribution in [0.25, 0.3) is 0 Å². The first-order valence-corrected chi connectivity index (χ1v) is 12.3. The highest BCUT2D eigenvalue weighted by Crippen LogP contribution is 2.32. The number of anilines is 3. The first kappa shape index (κ1) is 23.4. The Morgan fingerprint density at radius 1 is 1.26 bits per heavy atom. The minimum Gasteiger partial charge on any atom is -0.480 e. The second-order valence-electron chi connectivity index (χ2n) is 7.87. The summed E-state index contributed by atoms with van der Waals surface area (Å²) in [5, 5.41) is 15.3. The number of aromatic nitrogens is 2. The fourth-order valence-electron chi connectivity index (χ4n) is 2.92. The van der Waals surface area contributed by atoms with E-state index >= 15 is 0 Å². The Bertz CT molecular complexity index is 1030. The van der Waals surface area contributed by atoms with Gasteiger partial charge in [0.25, 0.3) is 0 Å². The Hall–Kier alpha value is -2.24. The number of nitrogens with one attached hydrogen (secondary N) is 3. The van der Waals surface area contributed by atoms with Crippen LogP contribution in [0.1, 0.15) is 33.1 Å². The molecule has 1 heterocycles.